The average molecular weight is 295 g/mol. The van der Waals surface area contributed by atoms with Crippen molar-refractivity contribution in [2.24, 2.45) is 23.2 Å². The van der Waals surface area contributed by atoms with Gasteiger partial charge in [0.2, 0.25) is 0 Å². The molecule has 0 spiro atoms. The van der Waals surface area contributed by atoms with Gasteiger partial charge in [0.1, 0.15) is 0 Å². The predicted octanol–water partition coefficient (Wildman–Crippen LogP) is 5.65. The summed E-state index contributed by atoms with van der Waals surface area (Å²) in [6.07, 6.45) is 7.00. The van der Waals surface area contributed by atoms with Gasteiger partial charge in [-0.25, -0.2) is 0 Å². The highest BCUT2D eigenvalue weighted by Gasteiger charge is 2.63. The van der Waals surface area contributed by atoms with Crippen LogP contribution in [0.15, 0.2) is 0 Å². The van der Waals surface area contributed by atoms with Gasteiger partial charge < -0.3 is 0 Å². The van der Waals surface area contributed by atoms with Gasteiger partial charge in [0.25, 0.3) is 5.85 Å². The topological polar surface area (TPSA) is 17.1 Å². The fraction of sp³-hybridized carbons (Fsp3) is 1.00. The third-order valence-electron chi connectivity index (χ3n) is 5.85. The fourth-order valence-electron chi connectivity index (χ4n) is 5.26. The van der Waals surface area contributed by atoms with E-state index in [1.807, 2.05) is 0 Å². The number of hydrogen-bond acceptors (Lipinski definition) is 1. The van der Waals surface area contributed by atoms with Crippen molar-refractivity contribution in [3.63, 3.8) is 0 Å². The average Bonchev–Trinajstić information content (AvgIpc) is 2.13. The highest BCUT2D eigenvalue weighted by molar-refractivity contribution is 8.09. The number of rotatable bonds is 2. The summed E-state index contributed by atoms with van der Waals surface area (Å²) in [5.74, 6) is -0.890. The Kier molecular flexibility index (Phi) is 2.77. The molecule has 98 valence electrons. The first-order chi connectivity index (χ1) is 7.76. The van der Waals surface area contributed by atoms with Crippen molar-refractivity contribution in [2.45, 2.75) is 57.5 Å². The van der Waals surface area contributed by atoms with Crippen LogP contribution in [-0.4, -0.2) is 5.16 Å². The van der Waals surface area contributed by atoms with Crippen LogP contribution in [0.25, 0.3) is 0 Å². The van der Waals surface area contributed by atoms with Crippen LogP contribution in [0.5, 0.6) is 0 Å². The van der Waals surface area contributed by atoms with Gasteiger partial charge in [0, 0.05) is 0 Å². The van der Waals surface area contributed by atoms with E-state index in [9.17, 15) is 4.57 Å². The summed E-state index contributed by atoms with van der Waals surface area (Å²) in [4.78, 5) is 0. The monoisotopic (exact) mass is 294 g/mol. The summed E-state index contributed by atoms with van der Waals surface area (Å²) in [7, 11) is 0. The summed E-state index contributed by atoms with van der Waals surface area (Å²) >= 11 is 12.3. The molecule has 0 radical (unpaired) electrons. The zero-order chi connectivity index (χ0) is 12.5. The van der Waals surface area contributed by atoms with E-state index in [0.717, 1.165) is 31.1 Å². The largest absolute Gasteiger partial charge is 0.289 e. The number of halogens is 2. The number of hydrogen-bond donors (Lipinski definition) is 0. The minimum atomic E-state index is -3.00. The Morgan fingerprint density at radius 3 is 2.06 bits per heavy atom. The van der Waals surface area contributed by atoms with E-state index in [4.69, 9.17) is 22.5 Å². The van der Waals surface area contributed by atoms with Crippen LogP contribution in [0.1, 0.15) is 52.4 Å². The molecule has 0 aromatic rings. The van der Waals surface area contributed by atoms with Crippen molar-refractivity contribution >= 4 is 28.3 Å². The van der Waals surface area contributed by atoms with Gasteiger partial charge in [0.15, 0.2) is 0 Å². The van der Waals surface area contributed by atoms with Gasteiger partial charge in [-0.15, -0.1) is 0 Å². The van der Waals surface area contributed by atoms with E-state index in [0.29, 0.717) is 11.3 Å². The molecular formula is C13H21Cl2OP. The Bertz CT molecular complexity index is 373. The second kappa shape index (κ2) is 3.68. The summed E-state index contributed by atoms with van der Waals surface area (Å²) in [6.45, 7) is 4.63. The Hall–Kier alpha value is 0.810. The molecule has 4 aliphatic rings. The molecule has 2 unspecified atom stereocenters. The summed E-state index contributed by atoms with van der Waals surface area (Å²) < 4.78 is 12.4. The molecule has 0 aromatic heterocycles. The minimum absolute atomic E-state index is 0.232. The molecule has 0 aliphatic heterocycles. The van der Waals surface area contributed by atoms with Gasteiger partial charge in [-0.1, -0.05) is 13.8 Å². The lowest BCUT2D eigenvalue weighted by molar-refractivity contribution is -0.0675. The van der Waals surface area contributed by atoms with Crippen molar-refractivity contribution in [3.8, 4) is 0 Å². The molecule has 4 bridgehead atoms. The van der Waals surface area contributed by atoms with Gasteiger partial charge in [-0.2, -0.15) is 0 Å². The van der Waals surface area contributed by atoms with Gasteiger partial charge >= 0.3 is 0 Å². The summed E-state index contributed by atoms with van der Waals surface area (Å²) in [6, 6.07) is 0. The minimum Gasteiger partial charge on any atom is -0.289 e. The second-order valence-electron chi connectivity index (χ2n) is 7.16. The van der Waals surface area contributed by atoms with Crippen LogP contribution in [0.3, 0.4) is 0 Å². The van der Waals surface area contributed by atoms with E-state index < -0.39 is 5.85 Å². The van der Waals surface area contributed by atoms with E-state index in [-0.39, 0.29) is 5.16 Å². The first-order valence-corrected chi connectivity index (χ1v) is 10.3. The highest BCUT2D eigenvalue weighted by Crippen LogP contribution is 2.80. The Labute approximate surface area is 114 Å². The van der Waals surface area contributed by atoms with Crippen LogP contribution < -0.4 is 0 Å². The lowest BCUT2D eigenvalue weighted by Gasteiger charge is -2.63. The molecule has 4 heteroatoms. The molecular weight excluding hydrogens is 274 g/mol. The molecule has 2 atom stereocenters. The standard InChI is InChI=1S/C13H21Cl2OP/c1-9(2)12-4-10-3-11(5-12)7-13(6-10,8-12)17(14,15)16/h9-11H,3-8H2,1-2H3. The van der Waals surface area contributed by atoms with Crippen LogP contribution in [-0.2, 0) is 4.57 Å². The SMILES string of the molecule is CC(C)C12CC3CC(C1)CC(P(=O)(Cl)Cl)(C3)C2. The predicted molar refractivity (Wildman–Crippen MR) is 74.0 cm³/mol. The van der Waals surface area contributed by atoms with Crippen LogP contribution in [0.4, 0.5) is 0 Å². The van der Waals surface area contributed by atoms with Gasteiger partial charge in [-0.05, 0) is 84.2 Å². The maximum absolute atomic E-state index is 12.4. The van der Waals surface area contributed by atoms with E-state index in [1.54, 1.807) is 0 Å². The van der Waals surface area contributed by atoms with Crippen LogP contribution in [0.2, 0.25) is 0 Å². The molecule has 0 saturated heterocycles. The van der Waals surface area contributed by atoms with Gasteiger partial charge in [-0.3, -0.25) is 4.57 Å². The van der Waals surface area contributed by atoms with Crippen molar-refractivity contribution in [3.05, 3.63) is 0 Å². The third-order valence-corrected chi connectivity index (χ3v) is 9.63. The Balaban J connectivity index is 2.03. The molecule has 4 rings (SSSR count). The van der Waals surface area contributed by atoms with Crippen molar-refractivity contribution in [2.75, 3.05) is 0 Å². The smallest absolute Gasteiger partial charge is 0.259 e. The normalized spacial score (nSPS) is 49.0. The lowest BCUT2D eigenvalue weighted by atomic mass is 9.46. The van der Waals surface area contributed by atoms with Gasteiger partial charge in [0.05, 0.1) is 5.16 Å². The third kappa shape index (κ3) is 1.76. The summed E-state index contributed by atoms with van der Waals surface area (Å²) in [5, 5.41) is -0.232. The van der Waals surface area contributed by atoms with Crippen molar-refractivity contribution in [1.82, 2.24) is 0 Å². The molecule has 4 aliphatic carbocycles. The lowest BCUT2D eigenvalue weighted by Crippen LogP contribution is -2.56. The quantitative estimate of drug-likeness (QED) is 0.601. The van der Waals surface area contributed by atoms with Crippen LogP contribution in [0, 0.1) is 23.2 Å². The molecule has 4 fully saturated rings. The molecule has 1 nitrogen and oxygen atoms in total. The van der Waals surface area contributed by atoms with E-state index in [2.05, 4.69) is 13.8 Å². The molecule has 0 amide bonds. The zero-order valence-electron chi connectivity index (χ0n) is 10.6. The first kappa shape index (κ1) is 12.8. The molecule has 0 aromatic carbocycles. The van der Waals surface area contributed by atoms with Crippen molar-refractivity contribution in [1.29, 1.82) is 0 Å². The fourth-order valence-corrected chi connectivity index (χ4v) is 7.89. The Morgan fingerprint density at radius 2 is 1.65 bits per heavy atom. The molecule has 0 N–H and O–H groups in total. The first-order valence-electron chi connectivity index (χ1n) is 6.76. The molecule has 0 heterocycles. The Morgan fingerprint density at radius 1 is 1.12 bits per heavy atom. The summed E-state index contributed by atoms with van der Waals surface area (Å²) in [5.41, 5.74) is 0.378. The zero-order valence-corrected chi connectivity index (χ0v) is 13.0. The second-order valence-corrected chi connectivity index (χ2v) is 12.4. The van der Waals surface area contributed by atoms with E-state index in [1.165, 1.54) is 19.3 Å². The van der Waals surface area contributed by atoms with E-state index >= 15 is 0 Å². The maximum atomic E-state index is 12.4. The highest BCUT2D eigenvalue weighted by atomic mass is 35.9. The molecule has 4 saturated carbocycles. The van der Waals surface area contributed by atoms with Crippen molar-refractivity contribution < 1.29 is 4.57 Å². The molecule has 17 heavy (non-hydrogen) atoms. The maximum Gasteiger partial charge on any atom is 0.259 e. The van der Waals surface area contributed by atoms with Crippen LogP contribution >= 0.6 is 28.3 Å².